The predicted molar refractivity (Wildman–Crippen MR) is 117 cm³/mol. The number of β-amino-alcohol motifs (C(OH)–C–C–N with tert-alkyl or cyclic N) is 1. The van der Waals surface area contributed by atoms with E-state index >= 15 is 0 Å². The molecule has 0 bridgehead atoms. The van der Waals surface area contributed by atoms with E-state index in [1.807, 2.05) is 0 Å². The summed E-state index contributed by atoms with van der Waals surface area (Å²) >= 11 is 0. The van der Waals surface area contributed by atoms with Crippen LogP contribution in [0.4, 0.5) is 45.3 Å². The minimum atomic E-state index is -5.02. The van der Waals surface area contributed by atoms with Crippen LogP contribution in [0.2, 0.25) is 0 Å². The van der Waals surface area contributed by atoms with Gasteiger partial charge in [-0.15, -0.1) is 0 Å². The summed E-state index contributed by atoms with van der Waals surface area (Å²) in [5.41, 5.74) is -7.10. The summed E-state index contributed by atoms with van der Waals surface area (Å²) in [5.74, 6) is -1.14. The molecule has 2 aromatic heterocycles. The van der Waals surface area contributed by atoms with Crippen LogP contribution < -0.4 is 15.0 Å². The molecule has 7 nitrogen and oxygen atoms in total. The maximum atomic E-state index is 13.7. The molecule has 16 heteroatoms. The molecular weight excluding hydrogens is 551 g/mol. The number of alkyl halides is 9. The van der Waals surface area contributed by atoms with E-state index in [-0.39, 0.29) is 36.8 Å². The lowest BCUT2D eigenvalue weighted by Crippen LogP contribution is -2.69. The fraction of sp³-hybridized carbons (Fsp3) is 0.565. The zero-order valence-electron chi connectivity index (χ0n) is 20.1. The Labute approximate surface area is 215 Å². The Morgan fingerprint density at radius 2 is 1.64 bits per heavy atom. The smallest absolute Gasteiger partial charge is 0.433 e. The first-order valence-electron chi connectivity index (χ1n) is 11.6. The maximum Gasteiger partial charge on any atom is 0.433 e. The topological polar surface area (TPSA) is 90.7 Å². The molecule has 0 unspecified atom stereocenters. The highest BCUT2D eigenvalue weighted by Crippen LogP contribution is 2.44. The third-order valence-electron chi connectivity index (χ3n) is 6.67. The molecule has 0 amide bonds. The van der Waals surface area contributed by atoms with E-state index in [4.69, 9.17) is 4.74 Å². The number of pyridine rings is 2. The van der Waals surface area contributed by atoms with E-state index in [0.717, 1.165) is 24.5 Å². The highest BCUT2D eigenvalue weighted by atomic mass is 19.4. The standard InChI is InChI=1S/C23H23F9N4O3/c1-12-5-19(37,13-2-3-17(33-7-13)22(27,28)29)6-14(35-12)9-39-15-4-16(21(24,25)26)18(34-8-15)36-10-20(38,11-36)23(30,31)32/h2-4,7-8,12,14,35,37-38H,5-6,9-11H2,1H3/t12-,14-,19-/m0/s1. The summed E-state index contributed by atoms with van der Waals surface area (Å²) < 4.78 is 124. The Morgan fingerprint density at radius 3 is 2.18 bits per heavy atom. The summed E-state index contributed by atoms with van der Waals surface area (Å²) in [6.45, 7) is -0.805. The van der Waals surface area contributed by atoms with Crippen molar-refractivity contribution < 1.29 is 54.5 Å². The van der Waals surface area contributed by atoms with E-state index in [1.54, 1.807) is 6.92 Å². The summed E-state index contributed by atoms with van der Waals surface area (Å²) in [7, 11) is 0. The SMILES string of the molecule is C[C@H]1C[C@@](O)(c2ccc(C(F)(F)F)nc2)C[C@@H](COc2cnc(N3CC(O)(C(F)(F)F)C3)c(C(F)(F)F)c2)N1. The number of piperidine rings is 1. The highest BCUT2D eigenvalue weighted by molar-refractivity contribution is 5.54. The normalized spacial score (nSPS) is 25.8. The first kappa shape index (κ1) is 29.1. The lowest BCUT2D eigenvalue weighted by molar-refractivity contribution is -0.267. The molecule has 2 saturated heterocycles. The Morgan fingerprint density at radius 1 is 0.974 bits per heavy atom. The molecule has 4 heterocycles. The van der Waals surface area contributed by atoms with Crippen LogP contribution in [-0.4, -0.2) is 63.7 Å². The molecule has 3 atom stereocenters. The minimum Gasteiger partial charge on any atom is -0.490 e. The Balaban J connectivity index is 1.47. The van der Waals surface area contributed by atoms with Crippen molar-refractivity contribution in [1.29, 1.82) is 0 Å². The van der Waals surface area contributed by atoms with Gasteiger partial charge in [-0.05, 0) is 31.9 Å². The fourth-order valence-corrected chi connectivity index (χ4v) is 4.79. The molecule has 0 aliphatic carbocycles. The van der Waals surface area contributed by atoms with Gasteiger partial charge in [0, 0.05) is 23.8 Å². The van der Waals surface area contributed by atoms with Crippen molar-refractivity contribution in [3.63, 3.8) is 0 Å². The monoisotopic (exact) mass is 574 g/mol. The van der Waals surface area contributed by atoms with Gasteiger partial charge in [-0.25, -0.2) is 4.98 Å². The van der Waals surface area contributed by atoms with Crippen LogP contribution in [0.3, 0.4) is 0 Å². The van der Waals surface area contributed by atoms with Crippen molar-refractivity contribution >= 4 is 5.82 Å². The molecule has 4 rings (SSSR count). The van der Waals surface area contributed by atoms with Gasteiger partial charge in [0.2, 0.25) is 0 Å². The molecule has 39 heavy (non-hydrogen) atoms. The fourth-order valence-electron chi connectivity index (χ4n) is 4.79. The van der Waals surface area contributed by atoms with Crippen LogP contribution in [0.5, 0.6) is 5.75 Å². The molecule has 0 radical (unpaired) electrons. The van der Waals surface area contributed by atoms with Gasteiger partial charge in [0.25, 0.3) is 0 Å². The van der Waals surface area contributed by atoms with Gasteiger partial charge in [-0.2, -0.15) is 39.5 Å². The average Bonchev–Trinajstić information content (AvgIpc) is 2.78. The third kappa shape index (κ3) is 6.01. The number of anilines is 1. The summed E-state index contributed by atoms with van der Waals surface area (Å²) in [6.07, 6.45) is -12.8. The molecular formula is C23H23F9N4O3. The van der Waals surface area contributed by atoms with Crippen LogP contribution in [0.15, 0.2) is 30.6 Å². The molecule has 0 aromatic carbocycles. The van der Waals surface area contributed by atoms with Gasteiger partial charge in [0.1, 0.15) is 29.4 Å². The number of aliphatic hydroxyl groups is 2. The zero-order valence-corrected chi connectivity index (χ0v) is 20.1. The van der Waals surface area contributed by atoms with Crippen molar-refractivity contribution in [2.75, 3.05) is 24.6 Å². The van der Waals surface area contributed by atoms with Gasteiger partial charge >= 0.3 is 18.5 Å². The molecule has 0 saturated carbocycles. The van der Waals surface area contributed by atoms with E-state index in [1.165, 1.54) is 0 Å². The predicted octanol–water partition coefficient (Wildman–Crippen LogP) is 4.03. The van der Waals surface area contributed by atoms with E-state index in [9.17, 15) is 49.7 Å². The molecule has 3 N–H and O–H groups in total. The van der Waals surface area contributed by atoms with Crippen molar-refractivity contribution in [3.05, 3.63) is 47.4 Å². The minimum absolute atomic E-state index is 0.0637. The van der Waals surface area contributed by atoms with Crippen LogP contribution in [-0.2, 0) is 18.0 Å². The largest absolute Gasteiger partial charge is 0.490 e. The van der Waals surface area contributed by atoms with Gasteiger partial charge < -0.3 is 25.2 Å². The van der Waals surface area contributed by atoms with Crippen molar-refractivity contribution in [3.8, 4) is 5.75 Å². The van der Waals surface area contributed by atoms with Crippen molar-refractivity contribution in [2.24, 2.45) is 0 Å². The van der Waals surface area contributed by atoms with Gasteiger partial charge in [0.15, 0.2) is 5.60 Å². The number of rotatable bonds is 5. The lowest BCUT2D eigenvalue weighted by Gasteiger charge is -2.48. The van der Waals surface area contributed by atoms with Gasteiger partial charge in [-0.1, -0.05) is 6.07 Å². The summed E-state index contributed by atoms with van der Waals surface area (Å²) in [5, 5.41) is 23.8. The number of hydrogen-bond donors (Lipinski definition) is 3. The number of halogens is 9. The van der Waals surface area contributed by atoms with E-state index in [2.05, 4.69) is 15.3 Å². The van der Waals surface area contributed by atoms with Gasteiger partial charge in [-0.3, -0.25) is 4.98 Å². The molecule has 2 aliphatic heterocycles. The van der Waals surface area contributed by atoms with Crippen LogP contribution in [0.1, 0.15) is 36.6 Å². The summed E-state index contributed by atoms with van der Waals surface area (Å²) in [6, 6.07) is 1.42. The second kappa shape index (κ2) is 9.66. The number of nitrogens with one attached hydrogen (secondary N) is 1. The highest BCUT2D eigenvalue weighted by Gasteiger charge is 2.62. The summed E-state index contributed by atoms with van der Waals surface area (Å²) in [4.78, 5) is 7.66. The first-order valence-corrected chi connectivity index (χ1v) is 11.6. The van der Waals surface area contributed by atoms with Crippen molar-refractivity contribution in [1.82, 2.24) is 15.3 Å². The lowest BCUT2D eigenvalue weighted by atomic mass is 9.79. The number of nitrogens with zero attached hydrogens (tertiary/aromatic N) is 3. The van der Waals surface area contributed by atoms with Crippen LogP contribution in [0.25, 0.3) is 0 Å². The van der Waals surface area contributed by atoms with E-state index < -0.39 is 65.9 Å². The second-order valence-corrected chi connectivity index (χ2v) is 9.87. The Kier molecular flexibility index (Phi) is 7.22. The first-order chi connectivity index (χ1) is 17.8. The van der Waals surface area contributed by atoms with Crippen LogP contribution in [0, 0.1) is 0 Å². The van der Waals surface area contributed by atoms with Crippen molar-refractivity contribution in [2.45, 2.75) is 61.6 Å². The number of hydrogen-bond acceptors (Lipinski definition) is 7. The number of aromatic nitrogens is 2. The Hall–Kier alpha value is -2.85. The molecule has 2 aliphatic rings. The molecule has 2 aromatic rings. The Bertz CT molecular complexity index is 1180. The van der Waals surface area contributed by atoms with Crippen LogP contribution >= 0.6 is 0 Å². The van der Waals surface area contributed by atoms with E-state index in [0.29, 0.717) is 11.0 Å². The second-order valence-electron chi connectivity index (χ2n) is 9.87. The molecule has 216 valence electrons. The van der Waals surface area contributed by atoms with Gasteiger partial charge in [0.05, 0.1) is 24.9 Å². The average molecular weight is 574 g/mol. The molecule has 0 spiro atoms. The third-order valence-corrected chi connectivity index (χ3v) is 6.67. The quantitative estimate of drug-likeness (QED) is 0.465. The molecule has 2 fully saturated rings. The maximum absolute atomic E-state index is 13.7. The zero-order chi connectivity index (χ0) is 29.0. The number of ether oxygens (including phenoxy) is 1.